The number of rotatable bonds is 9. The molecule has 2 rings (SSSR count). The van der Waals surface area contributed by atoms with Crippen molar-refractivity contribution in [3.8, 4) is 0 Å². The Balaban J connectivity index is 2.54. The van der Waals surface area contributed by atoms with Crippen LogP contribution in [0.2, 0.25) is 0 Å². The van der Waals surface area contributed by atoms with Crippen molar-refractivity contribution in [2.75, 3.05) is 6.61 Å². The standard InChI is InChI=1S/C24H31NO8/c1-6-10-20-22(25(15(2)26)13-19-11-8-7-9-12-19)24(32-18(5)29)23(31-17(4)28)21(33-20)14-30-16(3)27/h6-9,11-12,20-24H,1,10,13-14H2,2-5H3. The average Bonchev–Trinajstić information content (AvgIpc) is 2.73. The Labute approximate surface area is 193 Å². The van der Waals surface area contributed by atoms with Crippen molar-refractivity contribution in [3.05, 3.63) is 48.6 Å². The monoisotopic (exact) mass is 461 g/mol. The highest BCUT2D eigenvalue weighted by Gasteiger charge is 2.52. The van der Waals surface area contributed by atoms with Gasteiger partial charge in [-0.3, -0.25) is 19.2 Å². The lowest BCUT2D eigenvalue weighted by molar-refractivity contribution is -0.235. The molecule has 0 spiro atoms. The zero-order chi connectivity index (χ0) is 24.5. The summed E-state index contributed by atoms with van der Waals surface area (Å²) < 4.78 is 22.4. The van der Waals surface area contributed by atoms with E-state index in [0.29, 0.717) is 6.42 Å². The highest BCUT2D eigenvalue weighted by molar-refractivity contribution is 5.74. The van der Waals surface area contributed by atoms with E-state index in [-0.39, 0.29) is 19.1 Å². The molecule has 1 amide bonds. The molecule has 0 aliphatic carbocycles. The second-order valence-corrected chi connectivity index (χ2v) is 7.81. The van der Waals surface area contributed by atoms with Crippen LogP contribution in [-0.4, -0.2) is 65.8 Å². The Morgan fingerprint density at radius 3 is 2.06 bits per heavy atom. The first kappa shape index (κ1) is 26.1. The van der Waals surface area contributed by atoms with Gasteiger partial charge >= 0.3 is 17.9 Å². The first-order valence-electron chi connectivity index (χ1n) is 10.7. The summed E-state index contributed by atoms with van der Waals surface area (Å²) in [5, 5.41) is 0. The lowest BCUT2D eigenvalue weighted by atomic mass is 9.89. The average molecular weight is 462 g/mol. The Morgan fingerprint density at radius 1 is 0.939 bits per heavy atom. The van der Waals surface area contributed by atoms with Gasteiger partial charge < -0.3 is 23.8 Å². The topological polar surface area (TPSA) is 108 Å². The van der Waals surface area contributed by atoms with E-state index in [9.17, 15) is 19.2 Å². The number of hydrogen-bond donors (Lipinski definition) is 0. The van der Waals surface area contributed by atoms with Gasteiger partial charge in [0, 0.05) is 34.2 Å². The summed E-state index contributed by atoms with van der Waals surface area (Å²) >= 11 is 0. The summed E-state index contributed by atoms with van der Waals surface area (Å²) in [6.07, 6.45) is -1.80. The maximum atomic E-state index is 12.8. The largest absolute Gasteiger partial charge is 0.463 e. The number of nitrogens with zero attached hydrogens (tertiary/aromatic N) is 1. The molecular weight excluding hydrogens is 430 g/mol. The molecule has 0 N–H and O–H groups in total. The quantitative estimate of drug-likeness (QED) is 0.313. The lowest BCUT2D eigenvalue weighted by Crippen LogP contribution is -2.66. The summed E-state index contributed by atoms with van der Waals surface area (Å²) in [5.41, 5.74) is 0.859. The van der Waals surface area contributed by atoms with Crippen molar-refractivity contribution in [3.63, 3.8) is 0 Å². The Hall–Kier alpha value is -3.20. The van der Waals surface area contributed by atoms with Crippen LogP contribution in [0, 0.1) is 0 Å². The zero-order valence-corrected chi connectivity index (χ0v) is 19.4. The van der Waals surface area contributed by atoms with Gasteiger partial charge in [-0.15, -0.1) is 6.58 Å². The van der Waals surface area contributed by atoms with Gasteiger partial charge in [0.05, 0.1) is 12.1 Å². The van der Waals surface area contributed by atoms with Crippen LogP contribution in [-0.2, 0) is 44.7 Å². The van der Waals surface area contributed by atoms with Gasteiger partial charge in [0.15, 0.2) is 12.2 Å². The molecule has 0 aromatic heterocycles. The molecule has 1 aromatic carbocycles. The van der Waals surface area contributed by atoms with E-state index in [1.807, 2.05) is 30.3 Å². The maximum Gasteiger partial charge on any atom is 0.303 e. The van der Waals surface area contributed by atoms with Crippen LogP contribution < -0.4 is 0 Å². The van der Waals surface area contributed by atoms with Crippen molar-refractivity contribution in [2.24, 2.45) is 0 Å². The molecule has 1 aliphatic rings. The summed E-state index contributed by atoms with van der Waals surface area (Å²) in [6.45, 7) is 8.87. The molecule has 1 heterocycles. The summed E-state index contributed by atoms with van der Waals surface area (Å²) in [4.78, 5) is 49.7. The zero-order valence-electron chi connectivity index (χ0n) is 19.4. The van der Waals surface area contributed by atoms with Gasteiger partial charge in [0.1, 0.15) is 12.7 Å². The normalized spacial score (nSPS) is 24.3. The molecule has 1 fully saturated rings. The van der Waals surface area contributed by atoms with Gasteiger partial charge in [-0.25, -0.2) is 0 Å². The third-order valence-corrected chi connectivity index (χ3v) is 5.17. The number of ether oxygens (including phenoxy) is 4. The third-order valence-electron chi connectivity index (χ3n) is 5.17. The highest BCUT2D eigenvalue weighted by Crippen LogP contribution is 2.33. The smallest absolute Gasteiger partial charge is 0.303 e. The van der Waals surface area contributed by atoms with E-state index in [1.54, 1.807) is 6.08 Å². The lowest BCUT2D eigenvalue weighted by Gasteiger charge is -2.49. The Bertz CT molecular complexity index is 855. The molecule has 5 unspecified atom stereocenters. The van der Waals surface area contributed by atoms with Gasteiger partial charge in [0.25, 0.3) is 0 Å². The fraction of sp³-hybridized carbons (Fsp3) is 0.500. The molecule has 0 bridgehead atoms. The number of amides is 1. The number of esters is 3. The van der Waals surface area contributed by atoms with E-state index in [2.05, 4.69) is 6.58 Å². The minimum Gasteiger partial charge on any atom is -0.463 e. The van der Waals surface area contributed by atoms with Crippen LogP contribution in [0.5, 0.6) is 0 Å². The molecular formula is C24H31NO8. The van der Waals surface area contributed by atoms with Crippen molar-refractivity contribution in [1.29, 1.82) is 0 Å². The molecule has 180 valence electrons. The summed E-state index contributed by atoms with van der Waals surface area (Å²) in [5.74, 6) is -2.07. The molecule has 0 saturated carbocycles. The molecule has 1 aliphatic heterocycles. The SMILES string of the molecule is C=CCC1OC(COC(C)=O)C(OC(C)=O)C(OC(C)=O)C1N(Cc1ccccc1)C(C)=O. The predicted molar refractivity (Wildman–Crippen MR) is 118 cm³/mol. The summed E-state index contributed by atoms with van der Waals surface area (Å²) in [7, 11) is 0. The Kier molecular flexibility index (Phi) is 9.59. The van der Waals surface area contributed by atoms with Crippen LogP contribution in [0.3, 0.4) is 0 Å². The van der Waals surface area contributed by atoms with E-state index in [4.69, 9.17) is 18.9 Å². The van der Waals surface area contributed by atoms with Gasteiger partial charge in [-0.1, -0.05) is 36.4 Å². The number of carbonyl (C=O) groups is 4. The first-order chi connectivity index (χ1) is 15.6. The van der Waals surface area contributed by atoms with E-state index < -0.39 is 48.4 Å². The van der Waals surface area contributed by atoms with Crippen LogP contribution >= 0.6 is 0 Å². The molecule has 33 heavy (non-hydrogen) atoms. The second kappa shape index (κ2) is 12.2. The van der Waals surface area contributed by atoms with Crippen molar-refractivity contribution >= 4 is 23.8 Å². The first-order valence-corrected chi connectivity index (χ1v) is 10.7. The van der Waals surface area contributed by atoms with Crippen LogP contribution in [0.25, 0.3) is 0 Å². The number of hydrogen-bond acceptors (Lipinski definition) is 8. The van der Waals surface area contributed by atoms with Crippen molar-refractivity contribution in [2.45, 2.75) is 71.1 Å². The highest BCUT2D eigenvalue weighted by atomic mass is 16.6. The van der Waals surface area contributed by atoms with Crippen LogP contribution in [0.1, 0.15) is 39.7 Å². The fourth-order valence-electron chi connectivity index (χ4n) is 3.94. The molecule has 1 aromatic rings. The van der Waals surface area contributed by atoms with Crippen LogP contribution in [0.4, 0.5) is 0 Å². The molecule has 5 atom stereocenters. The molecule has 9 heteroatoms. The second-order valence-electron chi connectivity index (χ2n) is 7.81. The van der Waals surface area contributed by atoms with E-state index in [1.165, 1.54) is 32.6 Å². The minimum atomic E-state index is -1.10. The third kappa shape index (κ3) is 7.42. The van der Waals surface area contributed by atoms with E-state index in [0.717, 1.165) is 5.56 Å². The van der Waals surface area contributed by atoms with Crippen molar-refractivity contribution in [1.82, 2.24) is 4.90 Å². The predicted octanol–water partition coefficient (Wildman–Crippen LogP) is 2.17. The number of carbonyl (C=O) groups excluding carboxylic acids is 4. The van der Waals surface area contributed by atoms with Gasteiger partial charge in [-0.05, 0) is 12.0 Å². The van der Waals surface area contributed by atoms with Gasteiger partial charge in [0.2, 0.25) is 5.91 Å². The number of benzene rings is 1. The van der Waals surface area contributed by atoms with Crippen molar-refractivity contribution < 1.29 is 38.1 Å². The molecule has 1 saturated heterocycles. The molecule has 9 nitrogen and oxygen atoms in total. The van der Waals surface area contributed by atoms with Crippen LogP contribution in [0.15, 0.2) is 43.0 Å². The van der Waals surface area contributed by atoms with E-state index >= 15 is 0 Å². The summed E-state index contributed by atoms with van der Waals surface area (Å²) in [6, 6.07) is 8.53. The molecule has 0 radical (unpaired) electrons. The fourth-order valence-corrected chi connectivity index (χ4v) is 3.94. The maximum absolute atomic E-state index is 12.8. The minimum absolute atomic E-state index is 0.218. The van der Waals surface area contributed by atoms with Gasteiger partial charge in [-0.2, -0.15) is 0 Å². The Morgan fingerprint density at radius 2 is 1.55 bits per heavy atom.